The van der Waals surface area contributed by atoms with Crippen LogP contribution in [0.25, 0.3) is 6.08 Å². The van der Waals surface area contributed by atoms with E-state index in [-0.39, 0.29) is 29.2 Å². The van der Waals surface area contributed by atoms with Gasteiger partial charge in [0.15, 0.2) is 11.5 Å². The number of carbonyl (C=O) groups is 2. The van der Waals surface area contributed by atoms with Crippen molar-refractivity contribution >= 4 is 18.0 Å². The summed E-state index contributed by atoms with van der Waals surface area (Å²) in [7, 11) is 4.27. The molecule has 0 aromatic heterocycles. The van der Waals surface area contributed by atoms with Gasteiger partial charge in [-0.15, -0.1) is 0 Å². The second-order valence-electron chi connectivity index (χ2n) is 5.73. The molecule has 2 aromatic rings. The Morgan fingerprint density at radius 3 is 2.13 bits per heavy atom. The maximum Gasteiger partial charge on any atom is 0.351 e. The van der Waals surface area contributed by atoms with Crippen LogP contribution in [0.2, 0.25) is 0 Å². The highest BCUT2D eigenvalue weighted by Crippen LogP contribution is 2.33. The minimum absolute atomic E-state index is 0.127. The molecule has 0 aliphatic rings. The predicted molar refractivity (Wildman–Crippen MR) is 108 cm³/mol. The van der Waals surface area contributed by atoms with E-state index in [4.69, 9.17) is 28.9 Å². The van der Waals surface area contributed by atoms with Crippen molar-refractivity contribution in [2.75, 3.05) is 27.9 Å². The summed E-state index contributed by atoms with van der Waals surface area (Å²) in [5.74, 6) is -0.459. The van der Waals surface area contributed by atoms with Crippen molar-refractivity contribution in [2.24, 2.45) is 0 Å². The fourth-order valence-corrected chi connectivity index (χ4v) is 2.57. The van der Waals surface area contributed by atoms with E-state index >= 15 is 0 Å². The van der Waals surface area contributed by atoms with Gasteiger partial charge in [-0.3, -0.25) is 0 Å². The average molecular weight is 411 g/mol. The van der Waals surface area contributed by atoms with E-state index in [1.165, 1.54) is 39.5 Å². The summed E-state index contributed by atoms with van der Waals surface area (Å²) in [6.07, 6.45) is 1.36. The zero-order valence-electron chi connectivity index (χ0n) is 17.1. The van der Waals surface area contributed by atoms with E-state index in [0.717, 1.165) is 0 Å². The lowest BCUT2D eigenvalue weighted by Crippen LogP contribution is -2.12. The Kier molecular flexibility index (Phi) is 7.82. The van der Waals surface area contributed by atoms with Crippen molar-refractivity contribution in [2.45, 2.75) is 6.92 Å². The lowest BCUT2D eigenvalue weighted by molar-refractivity contribution is -0.137. The van der Waals surface area contributed by atoms with Crippen LogP contribution in [-0.2, 0) is 9.53 Å². The first-order valence-electron chi connectivity index (χ1n) is 8.89. The lowest BCUT2D eigenvalue weighted by Gasteiger charge is -2.14. The van der Waals surface area contributed by atoms with E-state index in [1.54, 1.807) is 37.3 Å². The molecule has 0 aliphatic heterocycles. The molecule has 0 spiro atoms. The van der Waals surface area contributed by atoms with Crippen molar-refractivity contribution in [1.82, 2.24) is 0 Å². The van der Waals surface area contributed by atoms with Crippen LogP contribution in [-0.4, -0.2) is 39.9 Å². The molecule has 0 radical (unpaired) electrons. The quantitative estimate of drug-likeness (QED) is 0.282. The Labute approximate surface area is 174 Å². The third-order valence-electron chi connectivity index (χ3n) is 3.95. The molecule has 0 aliphatic carbocycles. The van der Waals surface area contributed by atoms with Crippen molar-refractivity contribution in [3.05, 3.63) is 53.1 Å². The molecule has 2 aromatic carbocycles. The van der Waals surface area contributed by atoms with Gasteiger partial charge >= 0.3 is 11.9 Å². The number of ether oxygens (including phenoxy) is 5. The average Bonchev–Trinajstić information content (AvgIpc) is 2.77. The third-order valence-corrected chi connectivity index (χ3v) is 3.95. The Morgan fingerprint density at radius 2 is 1.60 bits per heavy atom. The predicted octanol–water partition coefficient (Wildman–Crippen LogP) is 3.40. The summed E-state index contributed by atoms with van der Waals surface area (Å²) in [5, 5.41) is 9.17. The highest BCUT2D eigenvalue weighted by atomic mass is 16.6. The summed E-state index contributed by atoms with van der Waals surface area (Å²) in [6, 6.07) is 11.3. The number of rotatable bonds is 8. The van der Waals surface area contributed by atoms with Gasteiger partial charge in [-0.05, 0) is 42.8 Å². The Morgan fingerprint density at radius 1 is 0.967 bits per heavy atom. The van der Waals surface area contributed by atoms with E-state index in [0.29, 0.717) is 17.1 Å². The molecule has 0 amide bonds. The smallest absolute Gasteiger partial charge is 0.351 e. The van der Waals surface area contributed by atoms with Crippen molar-refractivity contribution in [3.63, 3.8) is 0 Å². The SMILES string of the molecule is CCOC(=O)/C(C#N)=C/c1ccc(OC(=O)c2c(OC)cccc2OC)c(OC)c1. The minimum Gasteiger partial charge on any atom is -0.496 e. The summed E-state index contributed by atoms with van der Waals surface area (Å²) in [6.45, 7) is 1.80. The van der Waals surface area contributed by atoms with Crippen molar-refractivity contribution < 1.29 is 33.3 Å². The van der Waals surface area contributed by atoms with E-state index in [1.807, 2.05) is 0 Å². The van der Waals surface area contributed by atoms with Gasteiger partial charge in [-0.1, -0.05) is 12.1 Å². The van der Waals surface area contributed by atoms with Gasteiger partial charge in [-0.2, -0.15) is 5.26 Å². The number of benzene rings is 2. The van der Waals surface area contributed by atoms with Crippen LogP contribution in [0, 0.1) is 11.3 Å². The zero-order valence-corrected chi connectivity index (χ0v) is 17.1. The summed E-state index contributed by atoms with van der Waals surface area (Å²) >= 11 is 0. The summed E-state index contributed by atoms with van der Waals surface area (Å²) in [5.41, 5.74) is 0.455. The van der Waals surface area contributed by atoms with E-state index in [2.05, 4.69) is 0 Å². The highest BCUT2D eigenvalue weighted by Gasteiger charge is 2.22. The Balaban J connectivity index is 2.36. The van der Waals surface area contributed by atoms with Gasteiger partial charge < -0.3 is 23.7 Å². The maximum absolute atomic E-state index is 12.8. The van der Waals surface area contributed by atoms with Gasteiger partial charge in [0.25, 0.3) is 0 Å². The largest absolute Gasteiger partial charge is 0.496 e. The van der Waals surface area contributed by atoms with Crippen LogP contribution >= 0.6 is 0 Å². The first-order chi connectivity index (χ1) is 14.5. The van der Waals surface area contributed by atoms with Crippen LogP contribution in [0.3, 0.4) is 0 Å². The molecule has 0 unspecified atom stereocenters. The van der Waals surface area contributed by atoms with E-state index < -0.39 is 11.9 Å². The summed E-state index contributed by atoms with van der Waals surface area (Å²) in [4.78, 5) is 24.5. The normalized spacial score (nSPS) is 10.6. The van der Waals surface area contributed by atoms with Gasteiger partial charge in [0.2, 0.25) is 0 Å². The van der Waals surface area contributed by atoms with Gasteiger partial charge in [0.05, 0.1) is 27.9 Å². The lowest BCUT2D eigenvalue weighted by atomic mass is 10.1. The standard InChI is InChI=1S/C22H21NO7/c1-5-29-21(24)15(13-23)11-14-9-10-16(19(12-14)28-4)30-22(25)20-17(26-2)7-6-8-18(20)27-3/h6-12H,5H2,1-4H3/b15-11+. The zero-order chi connectivity index (χ0) is 22.1. The second kappa shape index (κ2) is 10.5. The molecule has 156 valence electrons. The number of hydrogen-bond donors (Lipinski definition) is 0. The molecular formula is C22H21NO7. The van der Waals surface area contributed by atoms with Crippen LogP contribution in [0.4, 0.5) is 0 Å². The van der Waals surface area contributed by atoms with Crippen molar-refractivity contribution in [3.8, 4) is 29.1 Å². The number of carbonyl (C=O) groups excluding carboxylic acids is 2. The topological polar surface area (TPSA) is 104 Å². The first-order valence-corrected chi connectivity index (χ1v) is 8.89. The molecule has 0 fully saturated rings. The van der Waals surface area contributed by atoms with Crippen LogP contribution in [0.1, 0.15) is 22.8 Å². The van der Waals surface area contributed by atoms with Gasteiger partial charge in [0, 0.05) is 0 Å². The molecule has 8 nitrogen and oxygen atoms in total. The number of nitrogens with zero attached hydrogens (tertiary/aromatic N) is 1. The molecule has 0 saturated carbocycles. The number of esters is 2. The molecule has 0 atom stereocenters. The molecule has 0 N–H and O–H groups in total. The van der Waals surface area contributed by atoms with Crippen LogP contribution in [0.5, 0.6) is 23.0 Å². The van der Waals surface area contributed by atoms with Crippen LogP contribution < -0.4 is 18.9 Å². The second-order valence-corrected chi connectivity index (χ2v) is 5.73. The molecule has 2 rings (SSSR count). The highest BCUT2D eigenvalue weighted by molar-refractivity contribution is 5.98. The number of methoxy groups -OCH3 is 3. The third kappa shape index (κ3) is 5.08. The molecule has 0 heterocycles. The first kappa shape index (κ1) is 22.3. The minimum atomic E-state index is -0.724. The maximum atomic E-state index is 12.8. The van der Waals surface area contributed by atoms with Gasteiger partial charge in [-0.25, -0.2) is 9.59 Å². The molecule has 8 heteroatoms. The fraction of sp³-hybridized carbons (Fsp3) is 0.227. The molecular weight excluding hydrogens is 390 g/mol. The Bertz CT molecular complexity index is 983. The Hall–Kier alpha value is -3.99. The molecule has 30 heavy (non-hydrogen) atoms. The van der Waals surface area contributed by atoms with Crippen molar-refractivity contribution in [1.29, 1.82) is 5.26 Å². The summed E-state index contributed by atoms with van der Waals surface area (Å²) < 4.78 is 26.1. The molecule has 0 saturated heterocycles. The van der Waals surface area contributed by atoms with Gasteiger partial charge in [0.1, 0.15) is 28.7 Å². The van der Waals surface area contributed by atoms with E-state index in [9.17, 15) is 9.59 Å². The monoisotopic (exact) mass is 411 g/mol. The number of nitriles is 1. The molecule has 0 bridgehead atoms. The fourth-order valence-electron chi connectivity index (χ4n) is 2.57. The number of hydrogen-bond acceptors (Lipinski definition) is 8. The van der Waals surface area contributed by atoms with Crippen LogP contribution in [0.15, 0.2) is 42.0 Å².